The van der Waals surface area contributed by atoms with Gasteiger partial charge in [0, 0.05) is 42.7 Å². The third kappa shape index (κ3) is 6.23. The van der Waals surface area contributed by atoms with Crippen molar-refractivity contribution in [2.75, 3.05) is 6.61 Å². The number of allylic oxidation sites excluding steroid dienone is 1. The second-order valence-corrected chi connectivity index (χ2v) is 14.1. The molecule has 14 nitrogen and oxygen atoms in total. The fraction of sp³-hybridized carbons (Fsp3) is 0.588. The molecule has 48 heavy (non-hydrogen) atoms. The van der Waals surface area contributed by atoms with E-state index in [-0.39, 0.29) is 53.4 Å². The lowest BCUT2D eigenvalue weighted by atomic mass is 9.46. The normalized spacial score (nSPS) is 32.9. The summed E-state index contributed by atoms with van der Waals surface area (Å²) in [7, 11) is 0. The molecule has 0 aliphatic heterocycles. The Hall–Kier alpha value is -3.82. The van der Waals surface area contributed by atoms with Crippen molar-refractivity contribution in [1.29, 1.82) is 0 Å². The van der Waals surface area contributed by atoms with Crippen LogP contribution < -0.4 is 10.5 Å². The standard InChI is InChI=1S/C34H42N2O12/c1-32-12-10-21(37)15-19(32)6-7-22-23-11-13-34(45,33(23,2)16-24(38)28(22)32)25(39)17-48-27(41)9-8-26(40)35-29(31(43)44)30(42)18-4-3-5-20(14-18)36(46)47/h3-5,14-15,22-23,28-30,36,42,45-46H,6-13,16-17H2,1-2H3,(H,35,40)(H,43,44)/t22?,23?,28?,29?,30?,32-,33-,34-/m0/s1. The van der Waals surface area contributed by atoms with Gasteiger partial charge < -0.3 is 30.6 Å². The maximum absolute atomic E-state index is 13.8. The largest absolute Gasteiger partial charge is 0.595 e. The molecule has 0 heterocycles. The SMILES string of the molecule is C[C@]12CCC(=O)C=C1CCC1C2C(=O)C[C@@]2(C)C1CC[C@]2(O)C(=O)COC(=O)CCC(=O)NC(C(=O)O)C(O)c1cccc([NH+]([O-])O)c1. The number of carboxylic acids is 1. The summed E-state index contributed by atoms with van der Waals surface area (Å²) in [5.74, 6) is -4.61. The van der Waals surface area contributed by atoms with Crippen LogP contribution in [-0.2, 0) is 33.5 Å². The molecule has 0 aromatic heterocycles. The molecule has 0 saturated heterocycles. The minimum atomic E-state index is -1.90. The maximum atomic E-state index is 13.8. The summed E-state index contributed by atoms with van der Waals surface area (Å²) < 4.78 is 5.12. The highest BCUT2D eigenvalue weighted by Crippen LogP contribution is 2.66. The number of quaternary nitrogens is 1. The number of esters is 1. The van der Waals surface area contributed by atoms with Gasteiger partial charge in [-0.25, -0.2) is 10.0 Å². The van der Waals surface area contributed by atoms with Gasteiger partial charge in [-0.05, 0) is 61.0 Å². The van der Waals surface area contributed by atoms with Crippen LogP contribution in [0.5, 0.6) is 0 Å². The summed E-state index contributed by atoms with van der Waals surface area (Å²) in [5, 5.41) is 53.1. The number of fused-ring (bicyclic) bond motifs is 5. The van der Waals surface area contributed by atoms with E-state index >= 15 is 0 Å². The number of carboxylic acid groups (broad SMARTS) is 1. The molecule has 4 aliphatic rings. The zero-order valence-electron chi connectivity index (χ0n) is 26.9. The van der Waals surface area contributed by atoms with Gasteiger partial charge in [-0.15, -0.1) is 0 Å². The highest BCUT2D eigenvalue weighted by molar-refractivity contribution is 5.95. The minimum absolute atomic E-state index is 0.0107. The van der Waals surface area contributed by atoms with Crippen LogP contribution in [0.1, 0.15) is 83.3 Å². The number of nitrogens with one attached hydrogen (secondary N) is 2. The average Bonchev–Trinajstić information content (AvgIpc) is 3.31. The molecular formula is C34H42N2O12. The van der Waals surface area contributed by atoms with E-state index in [0.29, 0.717) is 32.1 Å². The van der Waals surface area contributed by atoms with E-state index in [4.69, 9.17) is 9.94 Å². The number of carbonyl (C=O) groups excluding carboxylic acids is 5. The van der Waals surface area contributed by atoms with Gasteiger partial charge in [0.2, 0.25) is 11.7 Å². The van der Waals surface area contributed by atoms with Crippen LogP contribution in [0.15, 0.2) is 35.9 Å². The van der Waals surface area contributed by atoms with Crippen LogP contribution in [0, 0.1) is 33.8 Å². The molecule has 1 aromatic rings. The molecule has 1 aromatic carbocycles. The topological polar surface area (TPSA) is 232 Å². The summed E-state index contributed by atoms with van der Waals surface area (Å²) in [6.07, 6.45) is 1.80. The van der Waals surface area contributed by atoms with E-state index in [1.807, 2.05) is 0 Å². The third-order valence-electron chi connectivity index (χ3n) is 11.6. The Kier molecular flexibility index (Phi) is 9.79. The van der Waals surface area contributed by atoms with Crippen LogP contribution in [0.2, 0.25) is 0 Å². The molecule has 4 aliphatic carbocycles. The molecule has 0 radical (unpaired) electrons. The molecule has 1 amide bonds. The molecule has 3 fully saturated rings. The number of aliphatic hydroxyl groups is 2. The first-order valence-electron chi connectivity index (χ1n) is 16.2. The van der Waals surface area contributed by atoms with E-state index in [2.05, 4.69) is 12.2 Å². The molecule has 3 saturated carbocycles. The number of rotatable bonds is 11. The van der Waals surface area contributed by atoms with Crippen molar-refractivity contribution in [3.05, 3.63) is 46.7 Å². The first-order valence-corrected chi connectivity index (χ1v) is 16.2. The monoisotopic (exact) mass is 670 g/mol. The lowest BCUT2D eigenvalue weighted by Crippen LogP contribution is -2.99. The molecule has 0 spiro atoms. The van der Waals surface area contributed by atoms with Gasteiger partial charge in [0.1, 0.15) is 17.5 Å². The van der Waals surface area contributed by atoms with Crippen LogP contribution in [-0.4, -0.2) is 74.0 Å². The Balaban J connectivity index is 1.16. The van der Waals surface area contributed by atoms with Gasteiger partial charge in [-0.1, -0.05) is 31.6 Å². The molecule has 5 rings (SSSR count). The quantitative estimate of drug-likeness (QED) is 0.143. The highest BCUT2D eigenvalue weighted by atomic mass is 16.8. The van der Waals surface area contributed by atoms with E-state index < -0.39 is 76.9 Å². The van der Waals surface area contributed by atoms with Crippen molar-refractivity contribution in [2.45, 2.75) is 89.4 Å². The van der Waals surface area contributed by atoms with Gasteiger partial charge in [0.15, 0.2) is 24.1 Å². The summed E-state index contributed by atoms with van der Waals surface area (Å²) in [5.41, 5.74) is -2.62. The highest BCUT2D eigenvalue weighted by Gasteiger charge is 2.68. The first kappa shape index (κ1) is 35.5. The van der Waals surface area contributed by atoms with Crippen molar-refractivity contribution in [1.82, 2.24) is 5.32 Å². The minimum Gasteiger partial charge on any atom is -0.595 e. The maximum Gasteiger partial charge on any atom is 0.329 e. The predicted octanol–water partition coefficient (Wildman–Crippen LogP) is 1.03. The Morgan fingerprint density at radius 1 is 1.10 bits per heavy atom. The van der Waals surface area contributed by atoms with Gasteiger partial charge in [0.05, 0.1) is 6.42 Å². The van der Waals surface area contributed by atoms with E-state index in [1.54, 1.807) is 13.0 Å². The number of Topliss-reactive ketones (excluding diaryl/α,β-unsaturated/α-hetero) is 2. The molecule has 6 N–H and O–H groups in total. The van der Waals surface area contributed by atoms with Gasteiger partial charge in [-0.3, -0.25) is 24.0 Å². The molecule has 260 valence electrons. The second kappa shape index (κ2) is 13.2. The van der Waals surface area contributed by atoms with E-state index in [1.165, 1.54) is 18.2 Å². The zero-order chi connectivity index (χ0) is 35.2. The molecule has 14 heteroatoms. The molecule has 6 unspecified atom stereocenters. The number of hydrogen-bond donors (Lipinski definition) is 6. The summed E-state index contributed by atoms with van der Waals surface area (Å²) >= 11 is 0. The van der Waals surface area contributed by atoms with Crippen molar-refractivity contribution in [2.24, 2.45) is 28.6 Å². The summed E-state index contributed by atoms with van der Waals surface area (Å²) in [6.45, 7) is 3.04. The van der Waals surface area contributed by atoms with Gasteiger partial charge in [0.25, 0.3) is 0 Å². The fourth-order valence-corrected chi connectivity index (χ4v) is 8.97. The van der Waals surface area contributed by atoms with Gasteiger partial charge >= 0.3 is 11.9 Å². The Bertz CT molecular complexity index is 1560. The Morgan fingerprint density at radius 2 is 1.83 bits per heavy atom. The van der Waals surface area contributed by atoms with E-state index in [0.717, 1.165) is 11.6 Å². The predicted molar refractivity (Wildman–Crippen MR) is 164 cm³/mol. The number of ether oxygens (including phenoxy) is 1. The van der Waals surface area contributed by atoms with Crippen LogP contribution in [0.4, 0.5) is 5.69 Å². The number of hydrogen-bond acceptors (Lipinski definition) is 11. The summed E-state index contributed by atoms with van der Waals surface area (Å²) in [4.78, 5) is 76.1. The van der Waals surface area contributed by atoms with Crippen molar-refractivity contribution < 1.29 is 59.3 Å². The van der Waals surface area contributed by atoms with Crippen molar-refractivity contribution >= 4 is 40.9 Å². The van der Waals surface area contributed by atoms with Crippen LogP contribution in [0.3, 0.4) is 0 Å². The third-order valence-corrected chi connectivity index (χ3v) is 11.6. The fourth-order valence-electron chi connectivity index (χ4n) is 8.97. The zero-order valence-corrected chi connectivity index (χ0v) is 26.9. The number of aliphatic hydroxyl groups excluding tert-OH is 1. The molecule has 0 bridgehead atoms. The lowest BCUT2D eigenvalue weighted by molar-refractivity contribution is -0.991. The number of aliphatic carboxylic acids is 1. The number of benzene rings is 1. The smallest absolute Gasteiger partial charge is 0.329 e. The van der Waals surface area contributed by atoms with E-state index in [9.17, 15) is 49.3 Å². The average molecular weight is 671 g/mol. The molecule has 9 atom stereocenters. The second-order valence-electron chi connectivity index (χ2n) is 14.1. The van der Waals surface area contributed by atoms with Crippen molar-refractivity contribution in [3.8, 4) is 0 Å². The Labute approximate surface area is 276 Å². The number of amides is 1. The molecular weight excluding hydrogens is 628 g/mol. The van der Waals surface area contributed by atoms with Crippen LogP contribution >= 0.6 is 0 Å². The Morgan fingerprint density at radius 3 is 2.52 bits per heavy atom. The van der Waals surface area contributed by atoms with Crippen LogP contribution in [0.25, 0.3) is 0 Å². The lowest BCUT2D eigenvalue weighted by Gasteiger charge is -2.57. The number of carbonyl (C=O) groups is 6. The van der Waals surface area contributed by atoms with Crippen molar-refractivity contribution in [3.63, 3.8) is 0 Å². The van der Waals surface area contributed by atoms with Gasteiger partial charge in [-0.2, -0.15) is 5.23 Å². The number of ketones is 3. The summed E-state index contributed by atoms with van der Waals surface area (Å²) in [6, 6.07) is 3.10. The first-order chi connectivity index (χ1) is 22.5.